The van der Waals surface area contributed by atoms with Crippen LogP contribution in [-0.2, 0) is 0 Å². The van der Waals surface area contributed by atoms with Gasteiger partial charge in [-0.15, -0.1) is 0 Å². The van der Waals surface area contributed by atoms with Gasteiger partial charge in [-0.25, -0.2) is 0 Å². The van der Waals surface area contributed by atoms with Crippen LogP contribution < -0.4 is 22.5 Å². The highest BCUT2D eigenvalue weighted by Gasteiger charge is 2.02. The van der Waals surface area contributed by atoms with E-state index in [0.29, 0.717) is 5.69 Å². The number of rotatable bonds is 3. The molecule has 0 saturated carbocycles. The second-order valence-electron chi connectivity index (χ2n) is 3.50. The van der Waals surface area contributed by atoms with Crippen molar-refractivity contribution in [1.29, 1.82) is 5.39 Å². The summed E-state index contributed by atoms with van der Waals surface area (Å²) in [4.78, 5) is 3.10. The first-order valence-corrected chi connectivity index (χ1v) is 5.18. The number of halogens is 1. The van der Waals surface area contributed by atoms with Gasteiger partial charge in [-0.1, -0.05) is 0 Å². The summed E-state index contributed by atoms with van der Waals surface area (Å²) >= 11 is 0. The summed E-state index contributed by atoms with van der Waals surface area (Å²) in [5.74, 6) is 0.824. The molecule has 5 heteroatoms. The molecule has 0 aromatic heterocycles. The molecule has 0 unspecified atom stereocenters. The van der Waals surface area contributed by atoms with Gasteiger partial charge in [0.1, 0.15) is 5.75 Å². The number of hydrogen-bond donors (Lipinski definition) is 1. The van der Waals surface area contributed by atoms with Crippen LogP contribution in [0, 0.1) is 5.39 Å². The lowest BCUT2D eigenvalue weighted by Gasteiger charge is -2.06. The Kier molecular flexibility index (Phi) is 4.97. The summed E-state index contributed by atoms with van der Waals surface area (Å²) in [5.41, 5.74) is 2.44. The first-order chi connectivity index (χ1) is 8.31. The van der Waals surface area contributed by atoms with Crippen LogP contribution >= 0.6 is 0 Å². The lowest BCUT2D eigenvalue weighted by Crippen LogP contribution is -3.00. The molecule has 0 fully saturated rings. The third-order valence-electron chi connectivity index (χ3n) is 2.36. The highest BCUT2D eigenvalue weighted by atomic mass is 35.5. The summed E-state index contributed by atoms with van der Waals surface area (Å²) in [5, 5.41) is 11.8. The Bertz CT molecular complexity index is 532. The number of nitrogens with zero attached hydrogens (tertiary/aromatic N) is 2. The van der Waals surface area contributed by atoms with Crippen LogP contribution in [0.5, 0.6) is 5.75 Å². The number of nitrogens with one attached hydrogen (secondary N) is 1. The normalized spacial score (nSPS) is 8.89. The minimum atomic E-state index is 0. The van der Waals surface area contributed by atoms with Crippen molar-refractivity contribution in [1.82, 2.24) is 0 Å². The molecule has 2 aromatic rings. The minimum Gasteiger partial charge on any atom is -1.00 e. The van der Waals surface area contributed by atoms with Crippen molar-refractivity contribution >= 4 is 17.1 Å². The van der Waals surface area contributed by atoms with Crippen LogP contribution in [0.15, 0.2) is 48.5 Å². The summed E-state index contributed by atoms with van der Waals surface area (Å²) in [6.45, 7) is 0. The molecule has 0 radical (unpaired) electrons. The van der Waals surface area contributed by atoms with Gasteiger partial charge in [0.05, 0.1) is 7.11 Å². The van der Waals surface area contributed by atoms with Crippen LogP contribution in [0.3, 0.4) is 0 Å². The van der Waals surface area contributed by atoms with Crippen LogP contribution in [0.4, 0.5) is 17.1 Å². The summed E-state index contributed by atoms with van der Waals surface area (Å²) in [6.07, 6.45) is 0. The molecule has 2 aromatic carbocycles. The Morgan fingerprint density at radius 3 is 1.89 bits per heavy atom. The van der Waals surface area contributed by atoms with E-state index in [1.165, 1.54) is 0 Å². The van der Waals surface area contributed by atoms with Crippen molar-refractivity contribution in [3.05, 3.63) is 53.5 Å². The fraction of sp³-hybridized carbons (Fsp3) is 0.0769. The van der Waals surface area contributed by atoms with Crippen LogP contribution in [0.25, 0.3) is 4.98 Å². The SMILES string of the molecule is COc1ccc(Nc2ccc([N+]#N)cc2)cc1.[Cl-]. The van der Waals surface area contributed by atoms with E-state index in [-0.39, 0.29) is 12.4 Å². The van der Waals surface area contributed by atoms with Gasteiger partial charge in [0.2, 0.25) is 5.39 Å². The van der Waals surface area contributed by atoms with E-state index >= 15 is 0 Å². The quantitative estimate of drug-likeness (QED) is 0.837. The fourth-order valence-electron chi connectivity index (χ4n) is 1.45. The first-order valence-electron chi connectivity index (χ1n) is 5.18. The first kappa shape index (κ1) is 13.8. The smallest absolute Gasteiger partial charge is 0.385 e. The van der Waals surface area contributed by atoms with Crippen LogP contribution in [0.1, 0.15) is 0 Å². The van der Waals surface area contributed by atoms with Crippen molar-refractivity contribution < 1.29 is 17.1 Å². The number of anilines is 2. The lowest BCUT2D eigenvalue weighted by molar-refractivity contribution is -0.00000393. The van der Waals surface area contributed by atoms with E-state index < -0.39 is 0 Å². The second-order valence-corrected chi connectivity index (χ2v) is 3.50. The topological polar surface area (TPSA) is 49.4 Å². The molecule has 1 N–H and O–H groups in total. The Morgan fingerprint density at radius 1 is 0.944 bits per heavy atom. The van der Waals surface area contributed by atoms with Gasteiger partial charge >= 0.3 is 5.69 Å². The third kappa shape index (κ3) is 3.37. The molecule has 0 saturated heterocycles. The third-order valence-corrected chi connectivity index (χ3v) is 2.36. The summed E-state index contributed by atoms with van der Waals surface area (Å²) in [6, 6.07) is 14.8. The zero-order valence-electron chi connectivity index (χ0n) is 9.80. The van der Waals surface area contributed by atoms with Crippen molar-refractivity contribution in [2.45, 2.75) is 0 Å². The van der Waals surface area contributed by atoms with Crippen molar-refractivity contribution in [2.75, 3.05) is 12.4 Å². The van der Waals surface area contributed by atoms with E-state index in [2.05, 4.69) is 10.3 Å². The van der Waals surface area contributed by atoms with Gasteiger partial charge in [-0.05, 0) is 36.4 Å². The number of benzene rings is 2. The summed E-state index contributed by atoms with van der Waals surface area (Å²) in [7, 11) is 1.64. The Hall–Kier alpha value is -2.25. The van der Waals surface area contributed by atoms with Crippen molar-refractivity contribution in [3.63, 3.8) is 0 Å². The predicted molar refractivity (Wildman–Crippen MR) is 67.5 cm³/mol. The maximum Gasteiger partial charge on any atom is 0.385 e. The highest BCUT2D eigenvalue weighted by Crippen LogP contribution is 2.21. The van der Waals surface area contributed by atoms with Gasteiger partial charge in [-0.3, -0.25) is 0 Å². The Balaban J connectivity index is 0.00000162. The van der Waals surface area contributed by atoms with Gasteiger partial charge in [0.15, 0.2) is 4.98 Å². The van der Waals surface area contributed by atoms with Crippen LogP contribution in [-0.4, -0.2) is 7.11 Å². The Labute approximate surface area is 112 Å². The molecule has 4 nitrogen and oxygen atoms in total. The molecule has 18 heavy (non-hydrogen) atoms. The highest BCUT2D eigenvalue weighted by molar-refractivity contribution is 5.63. The van der Waals surface area contributed by atoms with Gasteiger partial charge in [0, 0.05) is 23.5 Å². The largest absolute Gasteiger partial charge is 1.00 e. The fourth-order valence-corrected chi connectivity index (χ4v) is 1.45. The van der Waals surface area contributed by atoms with Gasteiger partial charge in [0.25, 0.3) is 0 Å². The monoisotopic (exact) mass is 261 g/mol. The summed E-state index contributed by atoms with van der Waals surface area (Å²) < 4.78 is 5.08. The molecule has 2 rings (SSSR count). The van der Waals surface area contributed by atoms with Crippen molar-refractivity contribution in [3.8, 4) is 5.75 Å². The molecule has 0 aliphatic heterocycles. The molecular formula is C13H12ClN3O. The average Bonchev–Trinajstić information content (AvgIpc) is 2.40. The van der Waals surface area contributed by atoms with E-state index in [1.807, 2.05) is 36.4 Å². The predicted octanol–water partition coefficient (Wildman–Crippen LogP) is 0.927. The second kappa shape index (κ2) is 6.48. The van der Waals surface area contributed by atoms with E-state index in [9.17, 15) is 0 Å². The van der Waals surface area contributed by atoms with E-state index in [0.717, 1.165) is 17.1 Å². The standard InChI is InChI=1S/C13H12N3O.ClH/c1-17-13-8-6-11(7-9-13)15-10-2-4-12(16-14)5-3-10;/h2-9,15H,1H3;1H/q+1;/p-1. The average molecular weight is 262 g/mol. The molecule has 0 aliphatic rings. The van der Waals surface area contributed by atoms with Gasteiger partial charge < -0.3 is 22.5 Å². The number of hydrogen-bond acceptors (Lipinski definition) is 3. The number of ether oxygens (including phenoxy) is 1. The number of methoxy groups -OCH3 is 1. The van der Waals surface area contributed by atoms with E-state index in [4.69, 9.17) is 10.1 Å². The number of diazo groups is 1. The molecule has 92 valence electrons. The zero-order valence-corrected chi connectivity index (χ0v) is 10.6. The zero-order chi connectivity index (χ0) is 12.1. The van der Waals surface area contributed by atoms with Crippen molar-refractivity contribution in [2.24, 2.45) is 0 Å². The maximum atomic E-state index is 8.57. The molecular weight excluding hydrogens is 250 g/mol. The lowest BCUT2D eigenvalue weighted by atomic mass is 10.2. The molecule has 0 amide bonds. The van der Waals surface area contributed by atoms with Gasteiger partial charge in [-0.2, -0.15) is 0 Å². The molecule has 0 atom stereocenters. The molecule has 0 spiro atoms. The Morgan fingerprint density at radius 2 is 1.44 bits per heavy atom. The molecule has 0 bridgehead atoms. The minimum absolute atomic E-state index is 0. The molecule has 0 aliphatic carbocycles. The molecule has 0 heterocycles. The van der Waals surface area contributed by atoms with E-state index in [1.54, 1.807) is 19.2 Å². The van der Waals surface area contributed by atoms with Crippen LogP contribution in [0.2, 0.25) is 0 Å². The maximum absolute atomic E-state index is 8.57.